The number of carboxylic acids is 1. The first kappa shape index (κ1) is 102. The number of carbonyl (C=O) groups excluding carboxylic acids is 3. The molecule has 0 bridgehead atoms. The molecule has 0 aromatic carbocycles. The molecule has 0 aliphatic rings. The molecule has 0 N–H and O–H groups in total. The van der Waals surface area contributed by atoms with Gasteiger partial charge in [0.2, 0.25) is 0 Å². The number of ether oxygens (including phenoxy) is 4. The molecule has 9 nitrogen and oxygen atoms in total. The van der Waals surface area contributed by atoms with E-state index in [4.69, 9.17) is 18.9 Å². The number of carbonyl (C=O) groups is 3. The highest BCUT2D eigenvalue weighted by Crippen LogP contribution is 2.21. The highest BCUT2D eigenvalue weighted by molar-refractivity contribution is 5.70. The van der Waals surface area contributed by atoms with E-state index in [0.717, 1.165) is 57.8 Å². The quantitative estimate of drug-likeness (QED) is 0.0195. The molecule has 0 rings (SSSR count). The van der Waals surface area contributed by atoms with Crippen molar-refractivity contribution in [3.8, 4) is 0 Å². The van der Waals surface area contributed by atoms with E-state index < -0.39 is 24.3 Å². The molecule has 2 atom stereocenters. The number of hydrogen-bond donors (Lipinski definition) is 0. The van der Waals surface area contributed by atoms with Crippen LogP contribution in [0.3, 0.4) is 0 Å². The molecule has 0 aliphatic carbocycles. The van der Waals surface area contributed by atoms with Crippen LogP contribution in [0.5, 0.6) is 0 Å². The summed E-state index contributed by atoms with van der Waals surface area (Å²) in [6.45, 7) is 4.81. The maximum Gasteiger partial charge on any atom is 0.306 e. The van der Waals surface area contributed by atoms with Gasteiger partial charge in [-0.2, -0.15) is 0 Å². The molecule has 0 aromatic rings. The van der Waals surface area contributed by atoms with E-state index in [2.05, 4.69) is 74.6 Å². The highest BCUT2D eigenvalue weighted by atomic mass is 16.7. The number of carboxylic acid groups (broad SMARTS) is 1. The average Bonchev–Trinajstić information content (AvgIpc) is 1.18. The smallest absolute Gasteiger partial charge is 0.306 e. The molecule has 0 aliphatic heterocycles. The SMILES string of the molecule is CCCCCCC/C=C\C/C=C\C/C=C\CCCCCCCCCCCCCCCCCCCCCCCCCCCCC(=O)OC(COC(=O)CCCCCCCCCCCCCCCCCCCCCCCCCCCCC/C=C\C/C=C\CCCCCCC)COC(OCC[N+](C)(C)C)C(=O)[O-]. The largest absolute Gasteiger partial charge is 0.545 e. The summed E-state index contributed by atoms with van der Waals surface area (Å²) >= 11 is 0. The zero-order chi connectivity index (χ0) is 76.0. The number of hydrogen-bond acceptors (Lipinski definition) is 8. The first-order chi connectivity index (χ1) is 51.6. The van der Waals surface area contributed by atoms with Crippen LogP contribution in [0, 0.1) is 0 Å². The number of likely N-dealkylation sites (N-methyl/N-ethyl adjacent to an activating group) is 1. The molecule has 105 heavy (non-hydrogen) atoms. The second kappa shape index (κ2) is 86.6. The summed E-state index contributed by atoms with van der Waals surface area (Å²) in [6.07, 6.45) is 114. The van der Waals surface area contributed by atoms with E-state index in [1.807, 2.05) is 21.1 Å². The molecular weight excluding hydrogens is 1300 g/mol. The minimum Gasteiger partial charge on any atom is -0.545 e. The fourth-order valence-electron chi connectivity index (χ4n) is 14.2. The number of rotatable bonds is 88. The number of unbranched alkanes of at least 4 members (excludes halogenated alkanes) is 63. The number of esters is 2. The molecule has 0 amide bonds. The van der Waals surface area contributed by atoms with Gasteiger partial charge in [0.25, 0.3) is 0 Å². The minimum atomic E-state index is -1.62. The van der Waals surface area contributed by atoms with Crippen LogP contribution in [-0.4, -0.2) is 82.3 Å². The maximum absolute atomic E-state index is 13.0. The van der Waals surface area contributed by atoms with Gasteiger partial charge in [0, 0.05) is 12.8 Å². The maximum atomic E-state index is 13.0. The molecule has 2 unspecified atom stereocenters. The van der Waals surface area contributed by atoms with Gasteiger partial charge in [0.1, 0.15) is 13.2 Å². The van der Waals surface area contributed by atoms with Crippen molar-refractivity contribution in [3.63, 3.8) is 0 Å². The van der Waals surface area contributed by atoms with Crippen LogP contribution in [0.25, 0.3) is 0 Å². The van der Waals surface area contributed by atoms with Crippen molar-refractivity contribution < 1.29 is 42.9 Å². The summed E-state index contributed by atoms with van der Waals surface area (Å²) in [4.78, 5) is 37.7. The van der Waals surface area contributed by atoms with Crippen molar-refractivity contribution >= 4 is 17.9 Å². The summed E-state index contributed by atoms with van der Waals surface area (Å²) in [6, 6.07) is 0. The van der Waals surface area contributed by atoms with Gasteiger partial charge >= 0.3 is 11.9 Å². The normalized spacial score (nSPS) is 12.8. The molecular formula is C96H179NO8. The molecule has 0 fully saturated rings. The Hall–Kier alpha value is -3.01. The van der Waals surface area contributed by atoms with Crippen molar-refractivity contribution in [2.24, 2.45) is 0 Å². The van der Waals surface area contributed by atoms with E-state index in [1.165, 1.54) is 392 Å². The van der Waals surface area contributed by atoms with Crippen LogP contribution in [-0.2, 0) is 33.3 Å². The van der Waals surface area contributed by atoms with Crippen LogP contribution in [0.15, 0.2) is 60.8 Å². The predicted octanol–water partition coefficient (Wildman–Crippen LogP) is 29.2. The lowest BCUT2D eigenvalue weighted by Crippen LogP contribution is -2.44. The van der Waals surface area contributed by atoms with Gasteiger partial charge in [-0.15, -0.1) is 0 Å². The lowest BCUT2D eigenvalue weighted by molar-refractivity contribution is -0.870. The Labute approximate surface area is 654 Å². The fraction of sp³-hybridized carbons (Fsp3) is 0.865. The summed E-state index contributed by atoms with van der Waals surface area (Å²) in [5.41, 5.74) is 0. The summed E-state index contributed by atoms with van der Waals surface area (Å²) < 4.78 is 22.9. The van der Waals surface area contributed by atoms with Crippen LogP contribution >= 0.6 is 0 Å². The molecule has 0 saturated heterocycles. The average molecular weight is 1480 g/mol. The van der Waals surface area contributed by atoms with E-state index in [1.54, 1.807) is 0 Å². The standard InChI is InChI=1S/C96H179NO8/c1-6-8-10-12-14-16-18-20-22-24-26-28-30-32-34-36-38-40-42-44-46-47-49-51-53-55-57-59-61-63-65-67-69-71-73-75-77-79-81-83-85-87-94(99)105-92(91-104-96(95(100)101)102-89-88-97(3,4)5)90-103-93(98)86-84-82-80-78-76-74-72-70-68-66-64-62-60-58-56-54-52-50-48-45-43-41-39-37-35-33-31-29-27-25-23-21-19-17-15-13-11-9-7-2/h18-21,24-27,30,32,92,96H,6-17,22-23,28-29,31,33-91H2,1-5H3/b20-18-,21-19-,26-24-,27-25-,32-30-. The van der Waals surface area contributed by atoms with Crippen molar-refractivity contribution in [2.45, 2.75) is 489 Å². The molecule has 0 aromatic heterocycles. The van der Waals surface area contributed by atoms with Gasteiger partial charge in [-0.1, -0.05) is 441 Å². The fourth-order valence-corrected chi connectivity index (χ4v) is 14.2. The number of aliphatic carboxylic acids is 1. The zero-order valence-corrected chi connectivity index (χ0v) is 70.9. The van der Waals surface area contributed by atoms with Crippen molar-refractivity contribution in [3.05, 3.63) is 60.8 Å². The Morgan fingerprint density at radius 3 is 0.762 bits per heavy atom. The predicted molar refractivity (Wildman–Crippen MR) is 454 cm³/mol. The Morgan fingerprint density at radius 2 is 0.514 bits per heavy atom. The highest BCUT2D eigenvalue weighted by Gasteiger charge is 2.22. The van der Waals surface area contributed by atoms with Crippen molar-refractivity contribution in [2.75, 3.05) is 47.5 Å². The number of nitrogens with zero attached hydrogens (tertiary/aromatic N) is 1. The Balaban J connectivity index is 3.88. The third kappa shape index (κ3) is 88.1. The monoisotopic (exact) mass is 1470 g/mol. The molecule has 0 saturated carbocycles. The molecule has 9 heteroatoms. The second-order valence-electron chi connectivity index (χ2n) is 32.9. The first-order valence-electron chi connectivity index (χ1n) is 46.4. The second-order valence-corrected chi connectivity index (χ2v) is 32.9. The third-order valence-corrected chi connectivity index (χ3v) is 21.2. The Kier molecular flexibility index (Phi) is 84.1. The summed E-state index contributed by atoms with van der Waals surface area (Å²) in [7, 11) is 5.96. The van der Waals surface area contributed by atoms with E-state index in [9.17, 15) is 19.5 Å². The van der Waals surface area contributed by atoms with E-state index >= 15 is 0 Å². The lowest BCUT2D eigenvalue weighted by atomic mass is 10.0. The number of allylic oxidation sites excluding steroid dienone is 10. The van der Waals surface area contributed by atoms with Gasteiger partial charge in [-0.3, -0.25) is 9.59 Å². The van der Waals surface area contributed by atoms with Gasteiger partial charge in [-0.05, 0) is 83.5 Å². The molecule has 0 radical (unpaired) electrons. The number of quaternary nitrogens is 1. The van der Waals surface area contributed by atoms with Crippen LogP contribution in [0.4, 0.5) is 0 Å². The van der Waals surface area contributed by atoms with Crippen molar-refractivity contribution in [1.29, 1.82) is 0 Å². The van der Waals surface area contributed by atoms with Gasteiger partial charge in [0.15, 0.2) is 12.4 Å². The van der Waals surface area contributed by atoms with Gasteiger partial charge in [-0.25, -0.2) is 0 Å². The van der Waals surface area contributed by atoms with Gasteiger partial charge < -0.3 is 33.3 Å². The summed E-state index contributed by atoms with van der Waals surface area (Å²) in [5.74, 6) is -2.24. The molecule has 616 valence electrons. The van der Waals surface area contributed by atoms with E-state index in [0.29, 0.717) is 17.4 Å². The lowest BCUT2D eigenvalue weighted by Gasteiger charge is -2.26. The van der Waals surface area contributed by atoms with E-state index in [-0.39, 0.29) is 32.2 Å². The van der Waals surface area contributed by atoms with Crippen molar-refractivity contribution in [1.82, 2.24) is 0 Å². The third-order valence-electron chi connectivity index (χ3n) is 21.2. The first-order valence-corrected chi connectivity index (χ1v) is 46.4. The van der Waals surface area contributed by atoms with Gasteiger partial charge in [0.05, 0.1) is 40.3 Å². The Morgan fingerprint density at radius 1 is 0.286 bits per heavy atom. The summed E-state index contributed by atoms with van der Waals surface area (Å²) in [5, 5.41) is 11.9. The zero-order valence-electron chi connectivity index (χ0n) is 70.9. The minimum absolute atomic E-state index is 0.151. The molecule has 0 spiro atoms. The van der Waals surface area contributed by atoms with Crippen LogP contribution in [0.2, 0.25) is 0 Å². The van der Waals surface area contributed by atoms with Crippen LogP contribution < -0.4 is 5.11 Å². The topological polar surface area (TPSA) is 111 Å². The van der Waals surface area contributed by atoms with Crippen LogP contribution in [0.1, 0.15) is 476 Å². The Bertz CT molecular complexity index is 1920. The molecule has 0 heterocycles.